The van der Waals surface area contributed by atoms with Crippen LogP contribution in [0.1, 0.15) is 27.3 Å². The molecule has 36 heavy (non-hydrogen) atoms. The molecule has 0 radical (unpaired) electrons. The summed E-state index contributed by atoms with van der Waals surface area (Å²) in [5.74, 6) is -0.990. The van der Waals surface area contributed by atoms with Crippen LogP contribution >= 0.6 is 0 Å². The van der Waals surface area contributed by atoms with E-state index in [4.69, 9.17) is 0 Å². The summed E-state index contributed by atoms with van der Waals surface area (Å²) < 4.78 is 43.0. The Hall–Kier alpha value is -5.19. The van der Waals surface area contributed by atoms with E-state index in [0.717, 1.165) is 11.0 Å². The van der Waals surface area contributed by atoms with Gasteiger partial charge in [0.05, 0.1) is 59.1 Å². The number of hydrogen-bond donors (Lipinski definition) is 1. The first kappa shape index (κ1) is 22.6. The summed E-state index contributed by atoms with van der Waals surface area (Å²) in [7, 11) is 0. The van der Waals surface area contributed by atoms with Crippen molar-refractivity contribution in [1.29, 1.82) is 5.26 Å². The van der Waals surface area contributed by atoms with E-state index >= 15 is 0 Å². The third kappa shape index (κ3) is 3.98. The number of rotatable bonds is 4. The minimum absolute atomic E-state index is 0.00100. The maximum Gasteiger partial charge on any atom is 0.434 e. The summed E-state index contributed by atoms with van der Waals surface area (Å²) in [6.07, 6.45) is 2.64. The van der Waals surface area contributed by atoms with E-state index in [1.165, 1.54) is 37.1 Å². The van der Waals surface area contributed by atoms with Gasteiger partial charge in [0.2, 0.25) is 0 Å². The monoisotopic (exact) mass is 490 g/mol. The zero-order valence-electron chi connectivity index (χ0n) is 18.3. The molecule has 0 saturated heterocycles. The molecule has 5 aromatic rings. The number of halogens is 3. The molecule has 0 spiro atoms. The Kier molecular flexibility index (Phi) is 5.36. The number of nitrogens with zero attached hydrogens (tertiary/aromatic N) is 9. The van der Waals surface area contributed by atoms with Crippen LogP contribution in [0.15, 0.2) is 55.4 Å². The first-order valence-electron chi connectivity index (χ1n) is 10.2. The summed E-state index contributed by atoms with van der Waals surface area (Å²) in [6.45, 7) is 1.70. The largest absolute Gasteiger partial charge is 0.434 e. The Labute approximate surface area is 199 Å². The predicted molar refractivity (Wildman–Crippen MR) is 118 cm³/mol. The van der Waals surface area contributed by atoms with Gasteiger partial charge in [0.25, 0.3) is 5.91 Å². The van der Waals surface area contributed by atoms with Crippen molar-refractivity contribution in [3.05, 3.63) is 77.9 Å². The molecule has 0 aliphatic rings. The SMILES string of the molecule is Cc1cnn(-c2ncc(NC(=O)c3cnn(-c4cncc5ncccc45)c3C(F)(F)F)cc2C#N)n1. The van der Waals surface area contributed by atoms with E-state index in [2.05, 4.69) is 35.6 Å². The Morgan fingerprint density at radius 3 is 2.67 bits per heavy atom. The lowest BCUT2D eigenvalue weighted by Crippen LogP contribution is -2.21. The molecule has 0 aliphatic heterocycles. The molecule has 5 rings (SSSR count). The fraction of sp³-hybridized carbons (Fsp3) is 0.0909. The van der Waals surface area contributed by atoms with Crippen LogP contribution < -0.4 is 5.32 Å². The molecule has 5 heterocycles. The van der Waals surface area contributed by atoms with Crippen LogP contribution in [0.2, 0.25) is 0 Å². The lowest BCUT2D eigenvalue weighted by molar-refractivity contribution is -0.143. The number of aromatic nitrogens is 8. The molecule has 1 amide bonds. The third-order valence-corrected chi connectivity index (χ3v) is 5.06. The number of carbonyl (C=O) groups is 1. The number of nitrogens with one attached hydrogen (secondary N) is 1. The van der Waals surface area contributed by atoms with Gasteiger partial charge in [0, 0.05) is 11.6 Å². The van der Waals surface area contributed by atoms with Crippen LogP contribution in [-0.4, -0.2) is 45.6 Å². The van der Waals surface area contributed by atoms with Crippen LogP contribution in [0.3, 0.4) is 0 Å². The summed E-state index contributed by atoms with van der Waals surface area (Å²) >= 11 is 0. The average Bonchev–Trinajstić information content (AvgIpc) is 3.50. The Morgan fingerprint density at radius 1 is 1.11 bits per heavy atom. The zero-order chi connectivity index (χ0) is 25.4. The number of pyridine rings is 3. The van der Waals surface area contributed by atoms with Crippen molar-refractivity contribution in [1.82, 2.24) is 39.7 Å². The molecule has 0 aliphatic carbocycles. The zero-order valence-corrected chi connectivity index (χ0v) is 18.3. The highest BCUT2D eigenvalue weighted by Crippen LogP contribution is 2.35. The van der Waals surface area contributed by atoms with Gasteiger partial charge < -0.3 is 5.32 Å². The van der Waals surface area contributed by atoms with E-state index < -0.39 is 23.3 Å². The Morgan fingerprint density at radius 2 is 1.94 bits per heavy atom. The van der Waals surface area contributed by atoms with Gasteiger partial charge >= 0.3 is 6.18 Å². The second kappa shape index (κ2) is 8.55. The normalized spacial score (nSPS) is 11.4. The standard InChI is InChI=1S/C22H13F3N10O/c1-12-7-31-35(33-12)20-13(6-26)5-14(8-29-20)32-21(36)16-9-30-34(19(16)22(23,24)25)18-11-27-10-17-15(18)3-2-4-28-17/h2-5,7-11H,1H3,(H,32,36). The highest BCUT2D eigenvalue weighted by Gasteiger charge is 2.41. The molecule has 0 saturated carbocycles. The van der Waals surface area contributed by atoms with Crippen molar-refractivity contribution in [3.8, 4) is 17.6 Å². The van der Waals surface area contributed by atoms with Crippen molar-refractivity contribution >= 4 is 22.5 Å². The predicted octanol–water partition coefficient (Wildman–Crippen LogP) is 3.24. The van der Waals surface area contributed by atoms with Crippen molar-refractivity contribution in [2.75, 3.05) is 5.32 Å². The van der Waals surface area contributed by atoms with Gasteiger partial charge in [0.1, 0.15) is 11.6 Å². The fourth-order valence-corrected chi connectivity index (χ4v) is 3.53. The summed E-state index contributed by atoms with van der Waals surface area (Å²) in [5, 5.41) is 24.1. The van der Waals surface area contributed by atoms with Gasteiger partial charge in [-0.3, -0.25) is 14.8 Å². The lowest BCUT2D eigenvalue weighted by atomic mass is 10.2. The quantitative estimate of drug-likeness (QED) is 0.405. The molecule has 0 atom stereocenters. The first-order chi connectivity index (χ1) is 17.3. The summed E-state index contributed by atoms with van der Waals surface area (Å²) in [6, 6.07) is 6.32. The molecule has 1 N–H and O–H groups in total. The van der Waals surface area contributed by atoms with Crippen molar-refractivity contribution in [2.45, 2.75) is 13.1 Å². The Bertz CT molecular complexity index is 1660. The highest BCUT2D eigenvalue weighted by molar-refractivity contribution is 6.05. The second-order valence-electron chi connectivity index (χ2n) is 7.48. The molecule has 0 fully saturated rings. The molecular formula is C22H13F3N10O. The van der Waals surface area contributed by atoms with Crippen LogP contribution in [-0.2, 0) is 6.18 Å². The number of fused-ring (bicyclic) bond motifs is 1. The van der Waals surface area contributed by atoms with E-state index in [-0.39, 0.29) is 22.8 Å². The molecule has 14 heteroatoms. The average molecular weight is 490 g/mol. The van der Waals surface area contributed by atoms with Crippen LogP contribution in [0, 0.1) is 18.3 Å². The summed E-state index contributed by atoms with van der Waals surface area (Å²) in [5.41, 5.74) is -1.05. The molecule has 5 aromatic heterocycles. The van der Waals surface area contributed by atoms with Gasteiger partial charge in [-0.2, -0.15) is 33.7 Å². The maximum atomic E-state index is 14.1. The Balaban J connectivity index is 1.53. The van der Waals surface area contributed by atoms with E-state index in [0.29, 0.717) is 21.3 Å². The molecular weight excluding hydrogens is 477 g/mol. The molecule has 0 aromatic carbocycles. The maximum absolute atomic E-state index is 14.1. The fourth-order valence-electron chi connectivity index (χ4n) is 3.53. The second-order valence-corrected chi connectivity index (χ2v) is 7.48. The smallest absolute Gasteiger partial charge is 0.320 e. The van der Waals surface area contributed by atoms with E-state index in [1.54, 1.807) is 19.1 Å². The van der Waals surface area contributed by atoms with Gasteiger partial charge in [-0.05, 0) is 25.1 Å². The van der Waals surface area contributed by atoms with Crippen molar-refractivity contribution in [2.24, 2.45) is 0 Å². The number of carbonyl (C=O) groups excluding carboxylic acids is 1. The highest BCUT2D eigenvalue weighted by atomic mass is 19.4. The van der Waals surface area contributed by atoms with Gasteiger partial charge in [-0.15, -0.1) is 4.80 Å². The number of hydrogen-bond acceptors (Lipinski definition) is 8. The van der Waals surface area contributed by atoms with Gasteiger partial charge in [-0.1, -0.05) is 0 Å². The van der Waals surface area contributed by atoms with Crippen molar-refractivity contribution in [3.63, 3.8) is 0 Å². The third-order valence-electron chi connectivity index (χ3n) is 5.06. The topological polar surface area (TPSA) is 140 Å². The number of anilines is 1. The number of nitriles is 1. The first-order valence-corrected chi connectivity index (χ1v) is 10.2. The van der Waals surface area contributed by atoms with E-state index in [9.17, 15) is 23.2 Å². The lowest BCUT2D eigenvalue weighted by Gasteiger charge is -2.14. The number of alkyl halides is 3. The molecule has 11 nitrogen and oxygen atoms in total. The van der Waals surface area contributed by atoms with Crippen LogP contribution in [0.5, 0.6) is 0 Å². The summed E-state index contributed by atoms with van der Waals surface area (Å²) in [4.78, 5) is 26.2. The minimum atomic E-state index is -4.93. The van der Waals surface area contributed by atoms with Crippen molar-refractivity contribution < 1.29 is 18.0 Å². The minimum Gasteiger partial charge on any atom is -0.320 e. The van der Waals surface area contributed by atoms with Gasteiger partial charge in [-0.25, -0.2) is 9.67 Å². The number of aryl methyl sites for hydroxylation is 1. The molecule has 0 unspecified atom stereocenters. The van der Waals surface area contributed by atoms with Gasteiger partial charge in [0.15, 0.2) is 11.5 Å². The molecule has 0 bridgehead atoms. The van der Waals surface area contributed by atoms with Crippen LogP contribution in [0.4, 0.5) is 18.9 Å². The van der Waals surface area contributed by atoms with Crippen LogP contribution in [0.25, 0.3) is 22.4 Å². The van der Waals surface area contributed by atoms with E-state index in [1.807, 2.05) is 6.07 Å². The molecule has 178 valence electrons. The number of amides is 1.